The van der Waals surface area contributed by atoms with E-state index in [-0.39, 0.29) is 19.3 Å². The van der Waals surface area contributed by atoms with E-state index in [1.807, 2.05) is 4.98 Å². The minimum Gasteiger partial charge on any atom is -0.467 e. The summed E-state index contributed by atoms with van der Waals surface area (Å²) in [5.41, 5.74) is -3.84. The van der Waals surface area contributed by atoms with Crippen molar-refractivity contribution in [1.82, 2.24) is 9.55 Å². The summed E-state index contributed by atoms with van der Waals surface area (Å²) in [7, 11) is -3.71. The van der Waals surface area contributed by atoms with Crippen LogP contribution in [0, 0.1) is 16.6 Å². The first-order chi connectivity index (χ1) is 18.4. The normalized spacial score (nSPS) is 18.7. The third-order valence-corrected chi connectivity index (χ3v) is 7.59. The van der Waals surface area contributed by atoms with Gasteiger partial charge in [0.25, 0.3) is 11.4 Å². The number of hydrogen-bond acceptors (Lipinski definition) is 12. The molecule has 1 aromatic rings. The number of esters is 3. The number of hydrogen-bond donors (Lipinski definition) is 1. The first kappa shape index (κ1) is 33.3. The number of rotatable bonds is 11. The van der Waals surface area contributed by atoms with Gasteiger partial charge in [-0.25, -0.2) is 9.59 Å². The first-order valence-electron chi connectivity index (χ1n) is 12.4. The van der Waals surface area contributed by atoms with Crippen molar-refractivity contribution in [1.29, 1.82) is 0 Å². The SMILES string of the molecule is COC(=O)C(OC1CCC(n2cc(F)c(=O)[nH]c2=O)C1)P(=O)(OCOC(=O)C(C)(C)C)OCOC(=O)C(C)(C)C. The summed E-state index contributed by atoms with van der Waals surface area (Å²) in [4.78, 5) is 62.4. The zero-order chi connectivity index (χ0) is 30.5. The molecule has 0 bridgehead atoms. The van der Waals surface area contributed by atoms with Crippen molar-refractivity contribution in [3.05, 3.63) is 32.9 Å². The molecule has 0 aliphatic heterocycles. The van der Waals surface area contributed by atoms with Gasteiger partial charge in [0.2, 0.25) is 19.4 Å². The molecule has 1 saturated carbocycles. The van der Waals surface area contributed by atoms with Crippen LogP contribution in [0.1, 0.15) is 66.8 Å². The molecule has 226 valence electrons. The van der Waals surface area contributed by atoms with Crippen LogP contribution in [0.15, 0.2) is 15.8 Å². The van der Waals surface area contributed by atoms with Gasteiger partial charge in [-0.05, 0) is 60.8 Å². The molecule has 1 aliphatic rings. The van der Waals surface area contributed by atoms with Crippen LogP contribution in [0.5, 0.6) is 0 Å². The monoisotopic (exact) mass is 594 g/mol. The highest BCUT2D eigenvalue weighted by Crippen LogP contribution is 2.55. The molecule has 16 heteroatoms. The van der Waals surface area contributed by atoms with E-state index >= 15 is 0 Å². The van der Waals surface area contributed by atoms with Crippen molar-refractivity contribution in [3.8, 4) is 0 Å². The molecular formula is C24H36FN2O12P. The van der Waals surface area contributed by atoms with Crippen LogP contribution in [0.25, 0.3) is 0 Å². The summed E-state index contributed by atoms with van der Waals surface area (Å²) in [6, 6.07) is -0.621. The van der Waals surface area contributed by atoms with Crippen molar-refractivity contribution in [2.75, 3.05) is 20.7 Å². The van der Waals surface area contributed by atoms with Crippen molar-refractivity contribution in [2.45, 2.75) is 78.8 Å². The summed E-state index contributed by atoms with van der Waals surface area (Å²) in [5, 5.41) is 0. The largest absolute Gasteiger partial charge is 0.467 e. The number of nitrogens with one attached hydrogen (secondary N) is 1. The second-order valence-electron chi connectivity index (χ2n) is 11.1. The standard InChI is InChI=1S/C24H36FN2O12P/c1-23(2,3)20(30)35-12-37-40(33,38-13-36-21(31)24(4,5)6)19(18(29)34-7)39-15-9-8-14(10-15)27-11-16(25)17(28)26-22(27)32/h11,14-15,19H,8-10,12-13H2,1-7H3,(H,26,28,32). The van der Waals surface area contributed by atoms with Crippen LogP contribution in [0.4, 0.5) is 4.39 Å². The van der Waals surface area contributed by atoms with Gasteiger partial charge >= 0.3 is 31.2 Å². The van der Waals surface area contributed by atoms with Gasteiger partial charge in [0.05, 0.1) is 30.2 Å². The number of aromatic amines is 1. The number of halogens is 1. The zero-order valence-electron chi connectivity index (χ0n) is 23.5. The summed E-state index contributed by atoms with van der Waals surface area (Å²) in [6.45, 7) is 7.68. The molecule has 0 aromatic carbocycles. The number of carbonyl (C=O) groups is 3. The number of ether oxygens (including phenoxy) is 4. The fraction of sp³-hybridized carbons (Fsp3) is 0.708. The lowest BCUT2D eigenvalue weighted by Gasteiger charge is -2.28. The van der Waals surface area contributed by atoms with Crippen LogP contribution >= 0.6 is 7.60 Å². The first-order valence-corrected chi connectivity index (χ1v) is 14.0. The average Bonchev–Trinajstić information content (AvgIpc) is 3.31. The van der Waals surface area contributed by atoms with Gasteiger partial charge in [-0.15, -0.1) is 0 Å². The summed E-state index contributed by atoms with van der Waals surface area (Å²) in [6.07, 6.45) is 0.504. The topological polar surface area (TPSA) is 179 Å². The lowest BCUT2D eigenvalue weighted by molar-refractivity contribution is -0.164. The smallest absolute Gasteiger partial charge is 0.376 e. The Balaban J connectivity index is 2.26. The van der Waals surface area contributed by atoms with Crippen LogP contribution < -0.4 is 11.2 Å². The van der Waals surface area contributed by atoms with Gasteiger partial charge in [0.15, 0.2) is 0 Å². The van der Waals surface area contributed by atoms with E-state index in [9.17, 15) is 32.9 Å². The van der Waals surface area contributed by atoms with Crippen molar-refractivity contribution in [2.24, 2.45) is 10.8 Å². The maximum absolute atomic E-state index is 13.9. The van der Waals surface area contributed by atoms with E-state index < -0.39 is 85.0 Å². The van der Waals surface area contributed by atoms with Gasteiger partial charge < -0.3 is 18.9 Å². The fourth-order valence-corrected chi connectivity index (χ4v) is 4.91. The van der Waals surface area contributed by atoms with E-state index in [0.717, 1.165) is 17.9 Å². The zero-order valence-corrected chi connectivity index (χ0v) is 24.4. The molecule has 14 nitrogen and oxygen atoms in total. The molecule has 1 aromatic heterocycles. The molecular weight excluding hydrogens is 558 g/mol. The number of nitrogens with zero attached hydrogens (tertiary/aromatic N) is 1. The predicted molar refractivity (Wildman–Crippen MR) is 135 cm³/mol. The molecule has 1 heterocycles. The van der Waals surface area contributed by atoms with Gasteiger partial charge in [-0.3, -0.25) is 37.5 Å². The van der Waals surface area contributed by atoms with E-state index in [4.69, 9.17) is 28.0 Å². The number of H-pyrrole nitrogens is 1. The lowest BCUT2D eigenvalue weighted by atomic mass is 9.98. The average molecular weight is 595 g/mol. The van der Waals surface area contributed by atoms with Crippen LogP contribution in [-0.2, 0) is 46.9 Å². The molecule has 1 aliphatic carbocycles. The Bertz CT molecular complexity index is 1210. The minimum absolute atomic E-state index is 0.0525. The molecule has 1 N–H and O–H groups in total. The lowest BCUT2D eigenvalue weighted by Crippen LogP contribution is -2.34. The predicted octanol–water partition coefficient (Wildman–Crippen LogP) is 2.60. The fourth-order valence-electron chi connectivity index (χ4n) is 3.48. The Labute approximate surface area is 229 Å². The maximum Gasteiger partial charge on any atom is 0.376 e. The second kappa shape index (κ2) is 13.2. The molecule has 40 heavy (non-hydrogen) atoms. The summed E-state index contributed by atoms with van der Waals surface area (Å²) < 4.78 is 59.6. The van der Waals surface area contributed by atoms with Gasteiger partial charge in [0, 0.05) is 6.04 Å². The Morgan fingerprint density at radius 2 is 1.55 bits per heavy atom. The summed E-state index contributed by atoms with van der Waals surface area (Å²) >= 11 is 0. The highest BCUT2D eigenvalue weighted by atomic mass is 31.2. The molecule has 3 unspecified atom stereocenters. The van der Waals surface area contributed by atoms with E-state index in [2.05, 4.69) is 0 Å². The van der Waals surface area contributed by atoms with Crippen molar-refractivity contribution < 1.29 is 51.3 Å². The Hall–Kier alpha value is -2.87. The Kier molecular flexibility index (Phi) is 11.0. The minimum atomic E-state index is -4.71. The highest BCUT2D eigenvalue weighted by molar-refractivity contribution is 7.55. The third-order valence-electron chi connectivity index (χ3n) is 5.76. The van der Waals surface area contributed by atoms with Gasteiger partial charge in [0.1, 0.15) is 0 Å². The van der Waals surface area contributed by atoms with E-state index in [1.165, 1.54) is 0 Å². The molecule has 2 rings (SSSR count). The summed E-state index contributed by atoms with van der Waals surface area (Å²) in [5.74, 6) is -5.73. The van der Waals surface area contributed by atoms with Crippen molar-refractivity contribution in [3.63, 3.8) is 0 Å². The Morgan fingerprint density at radius 1 is 1.02 bits per heavy atom. The molecule has 1 fully saturated rings. The van der Waals surface area contributed by atoms with E-state index in [1.54, 1.807) is 41.5 Å². The number of aromatic nitrogens is 2. The van der Waals surface area contributed by atoms with Gasteiger partial charge in [-0.2, -0.15) is 4.39 Å². The van der Waals surface area contributed by atoms with Crippen LogP contribution in [0.3, 0.4) is 0 Å². The van der Waals surface area contributed by atoms with Crippen molar-refractivity contribution >= 4 is 25.5 Å². The Morgan fingerprint density at radius 3 is 2.02 bits per heavy atom. The second-order valence-corrected chi connectivity index (χ2v) is 13.2. The molecule has 0 saturated heterocycles. The third kappa shape index (κ3) is 8.82. The maximum atomic E-state index is 13.9. The number of carbonyl (C=O) groups excluding carboxylic acids is 3. The molecule has 0 radical (unpaired) electrons. The van der Waals surface area contributed by atoms with Crippen LogP contribution in [0.2, 0.25) is 0 Å². The molecule has 0 amide bonds. The van der Waals surface area contributed by atoms with Gasteiger partial charge in [-0.1, -0.05) is 0 Å². The van der Waals surface area contributed by atoms with E-state index in [0.29, 0.717) is 0 Å². The highest BCUT2D eigenvalue weighted by Gasteiger charge is 2.47. The number of methoxy groups -OCH3 is 1. The quantitative estimate of drug-likeness (QED) is 0.172. The molecule has 0 spiro atoms. The molecule has 3 atom stereocenters. The van der Waals surface area contributed by atoms with Crippen LogP contribution in [-0.4, -0.2) is 60.1 Å².